The van der Waals surface area contributed by atoms with Gasteiger partial charge in [0.05, 0.1) is 5.56 Å². The highest BCUT2D eigenvalue weighted by atomic mass is 16.4. The maximum atomic E-state index is 11.1. The van der Waals surface area contributed by atoms with Gasteiger partial charge in [-0.1, -0.05) is 26.8 Å². The average Bonchev–Trinajstić information content (AvgIpc) is 2.26. The molecule has 1 N–H and O–H groups in total. The largest absolute Gasteiger partial charge is 0.478 e. The van der Waals surface area contributed by atoms with Crippen LogP contribution in [0.2, 0.25) is 0 Å². The summed E-state index contributed by atoms with van der Waals surface area (Å²) in [6.45, 7) is 6.12. The Balaban J connectivity index is 3.39. The number of aryl methyl sites for hydroxylation is 2. The molecule has 1 rings (SSSR count). The first kappa shape index (κ1) is 11.8. The number of hydrogen-bond acceptors (Lipinski definition) is 1. The standard InChI is InChI=1S/C13H18O2/c1-4-9-7-10(5-2)11(6-3)12(8-9)13(14)15/h7-8H,4-6H2,1-3H3,(H,14,15). The van der Waals surface area contributed by atoms with Crippen molar-refractivity contribution in [3.8, 4) is 0 Å². The van der Waals surface area contributed by atoms with Crippen molar-refractivity contribution in [1.82, 2.24) is 0 Å². The number of carboxylic acid groups (broad SMARTS) is 1. The average molecular weight is 206 g/mol. The monoisotopic (exact) mass is 206 g/mol. The van der Waals surface area contributed by atoms with Crippen LogP contribution in [0.1, 0.15) is 47.8 Å². The Bertz CT molecular complexity index is 367. The van der Waals surface area contributed by atoms with E-state index in [1.807, 2.05) is 13.8 Å². The third-order valence-corrected chi connectivity index (χ3v) is 2.78. The summed E-state index contributed by atoms with van der Waals surface area (Å²) in [7, 11) is 0. The van der Waals surface area contributed by atoms with E-state index >= 15 is 0 Å². The van der Waals surface area contributed by atoms with Crippen molar-refractivity contribution >= 4 is 5.97 Å². The minimum Gasteiger partial charge on any atom is -0.478 e. The van der Waals surface area contributed by atoms with Crippen LogP contribution in [0.25, 0.3) is 0 Å². The van der Waals surface area contributed by atoms with E-state index in [-0.39, 0.29) is 0 Å². The van der Waals surface area contributed by atoms with Crippen molar-refractivity contribution < 1.29 is 9.90 Å². The quantitative estimate of drug-likeness (QED) is 0.822. The predicted molar refractivity (Wildman–Crippen MR) is 61.5 cm³/mol. The first-order valence-corrected chi connectivity index (χ1v) is 5.51. The molecule has 0 spiro atoms. The van der Waals surface area contributed by atoms with Gasteiger partial charge in [-0.2, -0.15) is 0 Å². The SMILES string of the molecule is CCc1cc(CC)c(CC)c(C(=O)O)c1. The second kappa shape index (κ2) is 4.96. The lowest BCUT2D eigenvalue weighted by Gasteiger charge is -2.12. The number of carboxylic acids is 1. The molecule has 0 saturated heterocycles. The fourth-order valence-corrected chi connectivity index (χ4v) is 1.93. The molecule has 1 aromatic carbocycles. The summed E-state index contributed by atoms with van der Waals surface area (Å²) in [6, 6.07) is 3.94. The van der Waals surface area contributed by atoms with E-state index in [0.29, 0.717) is 5.56 Å². The van der Waals surface area contributed by atoms with E-state index in [1.165, 1.54) is 5.56 Å². The van der Waals surface area contributed by atoms with Crippen LogP contribution < -0.4 is 0 Å². The maximum absolute atomic E-state index is 11.1. The van der Waals surface area contributed by atoms with Crippen LogP contribution in [0.5, 0.6) is 0 Å². The fraction of sp³-hybridized carbons (Fsp3) is 0.462. The number of rotatable bonds is 4. The highest BCUT2D eigenvalue weighted by Gasteiger charge is 2.13. The van der Waals surface area contributed by atoms with Gasteiger partial charge >= 0.3 is 5.97 Å². The van der Waals surface area contributed by atoms with E-state index in [0.717, 1.165) is 30.4 Å². The Labute approximate surface area is 90.9 Å². The normalized spacial score (nSPS) is 10.3. The Kier molecular flexibility index (Phi) is 3.89. The van der Waals surface area contributed by atoms with Crippen molar-refractivity contribution in [3.63, 3.8) is 0 Å². The fourth-order valence-electron chi connectivity index (χ4n) is 1.93. The summed E-state index contributed by atoms with van der Waals surface area (Å²) >= 11 is 0. The van der Waals surface area contributed by atoms with Crippen LogP contribution in [0, 0.1) is 0 Å². The number of benzene rings is 1. The van der Waals surface area contributed by atoms with Crippen LogP contribution in [0.4, 0.5) is 0 Å². The zero-order valence-electron chi connectivity index (χ0n) is 9.63. The molecule has 0 aliphatic carbocycles. The van der Waals surface area contributed by atoms with Gasteiger partial charge in [0.15, 0.2) is 0 Å². The predicted octanol–water partition coefficient (Wildman–Crippen LogP) is 3.07. The van der Waals surface area contributed by atoms with Crippen LogP contribution >= 0.6 is 0 Å². The minimum atomic E-state index is -0.808. The van der Waals surface area contributed by atoms with Gasteiger partial charge in [-0.15, -0.1) is 0 Å². The van der Waals surface area contributed by atoms with Gasteiger partial charge in [-0.3, -0.25) is 0 Å². The molecule has 0 aliphatic heterocycles. The van der Waals surface area contributed by atoms with Crippen LogP contribution in [-0.4, -0.2) is 11.1 Å². The molecule has 2 nitrogen and oxygen atoms in total. The van der Waals surface area contributed by atoms with Crippen molar-refractivity contribution in [1.29, 1.82) is 0 Å². The summed E-state index contributed by atoms with van der Waals surface area (Å²) in [5.74, 6) is -0.808. The van der Waals surface area contributed by atoms with E-state index in [4.69, 9.17) is 5.11 Å². The molecule has 0 aromatic heterocycles. The molecule has 82 valence electrons. The zero-order valence-corrected chi connectivity index (χ0v) is 9.63. The highest BCUT2D eigenvalue weighted by molar-refractivity contribution is 5.90. The van der Waals surface area contributed by atoms with Gasteiger partial charge in [0.25, 0.3) is 0 Å². The molecule has 0 unspecified atom stereocenters. The van der Waals surface area contributed by atoms with Gasteiger partial charge < -0.3 is 5.11 Å². The molecular weight excluding hydrogens is 188 g/mol. The van der Waals surface area contributed by atoms with Crippen molar-refractivity contribution in [2.45, 2.75) is 40.0 Å². The Morgan fingerprint density at radius 2 is 1.80 bits per heavy atom. The van der Waals surface area contributed by atoms with Gasteiger partial charge in [-0.25, -0.2) is 4.79 Å². The molecule has 0 radical (unpaired) electrons. The van der Waals surface area contributed by atoms with Gasteiger partial charge in [0, 0.05) is 0 Å². The number of hydrogen-bond donors (Lipinski definition) is 1. The summed E-state index contributed by atoms with van der Waals surface area (Å²) in [6.07, 6.45) is 2.57. The van der Waals surface area contributed by atoms with E-state index in [2.05, 4.69) is 13.0 Å². The second-order valence-electron chi connectivity index (χ2n) is 3.65. The lowest BCUT2D eigenvalue weighted by Crippen LogP contribution is -2.06. The zero-order chi connectivity index (χ0) is 11.4. The van der Waals surface area contributed by atoms with Crippen molar-refractivity contribution in [3.05, 3.63) is 34.4 Å². The van der Waals surface area contributed by atoms with Crippen molar-refractivity contribution in [2.24, 2.45) is 0 Å². The Morgan fingerprint density at radius 1 is 1.13 bits per heavy atom. The number of carbonyl (C=O) groups is 1. The topological polar surface area (TPSA) is 37.3 Å². The summed E-state index contributed by atoms with van der Waals surface area (Å²) in [4.78, 5) is 11.1. The minimum absolute atomic E-state index is 0.480. The Morgan fingerprint density at radius 3 is 2.20 bits per heavy atom. The van der Waals surface area contributed by atoms with Gasteiger partial charge in [-0.05, 0) is 42.0 Å². The number of aromatic carboxylic acids is 1. The first-order valence-electron chi connectivity index (χ1n) is 5.51. The van der Waals surface area contributed by atoms with Gasteiger partial charge in [0.2, 0.25) is 0 Å². The summed E-state index contributed by atoms with van der Waals surface area (Å²) in [5, 5.41) is 9.14. The highest BCUT2D eigenvalue weighted by Crippen LogP contribution is 2.20. The molecule has 0 atom stereocenters. The lowest BCUT2D eigenvalue weighted by atomic mass is 9.93. The Hall–Kier alpha value is -1.31. The molecule has 0 heterocycles. The molecule has 0 aliphatic rings. The van der Waals surface area contributed by atoms with E-state index in [9.17, 15) is 4.79 Å². The van der Waals surface area contributed by atoms with E-state index < -0.39 is 5.97 Å². The molecule has 0 amide bonds. The third-order valence-electron chi connectivity index (χ3n) is 2.78. The molecule has 0 fully saturated rings. The second-order valence-corrected chi connectivity index (χ2v) is 3.65. The molecule has 0 bridgehead atoms. The molecule has 0 saturated carbocycles. The van der Waals surface area contributed by atoms with Gasteiger partial charge in [0.1, 0.15) is 0 Å². The molecule has 1 aromatic rings. The molecule has 15 heavy (non-hydrogen) atoms. The smallest absolute Gasteiger partial charge is 0.335 e. The van der Waals surface area contributed by atoms with Crippen molar-refractivity contribution in [2.75, 3.05) is 0 Å². The maximum Gasteiger partial charge on any atom is 0.335 e. The third kappa shape index (κ3) is 2.38. The molecular formula is C13H18O2. The molecule has 2 heteroatoms. The lowest BCUT2D eigenvalue weighted by molar-refractivity contribution is 0.0695. The van der Waals surface area contributed by atoms with E-state index in [1.54, 1.807) is 6.07 Å². The summed E-state index contributed by atoms with van der Waals surface area (Å²) < 4.78 is 0. The van der Waals surface area contributed by atoms with Crippen LogP contribution in [0.15, 0.2) is 12.1 Å². The van der Waals surface area contributed by atoms with Crippen LogP contribution in [-0.2, 0) is 19.3 Å². The first-order chi connectivity index (χ1) is 7.13. The summed E-state index contributed by atoms with van der Waals surface area (Å²) in [5.41, 5.74) is 3.76. The van der Waals surface area contributed by atoms with Crippen LogP contribution in [0.3, 0.4) is 0 Å².